The minimum Gasteiger partial charge on any atom is -0.487 e. The summed E-state index contributed by atoms with van der Waals surface area (Å²) in [5, 5.41) is 5.80. The van der Waals surface area contributed by atoms with E-state index in [9.17, 15) is 0 Å². The zero-order chi connectivity index (χ0) is 15.0. The molecule has 0 spiro atoms. The molecule has 0 amide bonds. The number of nitrogens with one attached hydrogen (secondary N) is 1. The Balaban J connectivity index is 1.97. The molecule has 1 N–H and O–H groups in total. The van der Waals surface area contributed by atoms with Crippen LogP contribution in [0.1, 0.15) is 48.4 Å². The number of aryl methyl sites for hydroxylation is 1. The normalized spacial score (nSPS) is 17.3. The van der Waals surface area contributed by atoms with Crippen molar-refractivity contribution in [3.8, 4) is 5.75 Å². The summed E-state index contributed by atoms with van der Waals surface area (Å²) in [5.41, 5.74) is 3.95. The van der Waals surface area contributed by atoms with E-state index in [0.717, 1.165) is 18.7 Å². The van der Waals surface area contributed by atoms with Crippen LogP contribution >= 0.6 is 11.3 Å². The van der Waals surface area contributed by atoms with Crippen LogP contribution in [0.3, 0.4) is 0 Å². The molecule has 2 heterocycles. The van der Waals surface area contributed by atoms with E-state index in [1.807, 2.05) is 11.3 Å². The highest BCUT2D eigenvalue weighted by Crippen LogP contribution is 2.38. The van der Waals surface area contributed by atoms with Gasteiger partial charge in [0.2, 0.25) is 0 Å². The molecule has 0 saturated carbocycles. The van der Waals surface area contributed by atoms with E-state index in [-0.39, 0.29) is 11.6 Å². The topological polar surface area (TPSA) is 21.3 Å². The van der Waals surface area contributed by atoms with E-state index in [0.29, 0.717) is 0 Å². The van der Waals surface area contributed by atoms with Gasteiger partial charge < -0.3 is 10.1 Å². The number of fused-ring (bicyclic) bond motifs is 1. The number of thiophene rings is 1. The highest BCUT2D eigenvalue weighted by atomic mass is 32.1. The SMILES string of the molecule is CCNC(c1ccc2c(c1)CC(C)(C)O2)c1sccc1C. The predicted molar refractivity (Wildman–Crippen MR) is 89.4 cm³/mol. The first-order valence-electron chi connectivity index (χ1n) is 7.59. The fourth-order valence-corrected chi connectivity index (χ4v) is 4.08. The fraction of sp³-hybridized carbons (Fsp3) is 0.444. The van der Waals surface area contributed by atoms with Crippen LogP contribution in [-0.4, -0.2) is 12.1 Å². The maximum absolute atomic E-state index is 5.99. The van der Waals surface area contributed by atoms with E-state index in [1.54, 1.807) is 0 Å². The highest BCUT2D eigenvalue weighted by molar-refractivity contribution is 7.10. The van der Waals surface area contributed by atoms with E-state index in [1.165, 1.54) is 21.6 Å². The van der Waals surface area contributed by atoms with E-state index in [4.69, 9.17) is 4.74 Å². The molecular formula is C18H23NOS. The molecule has 2 aromatic rings. The highest BCUT2D eigenvalue weighted by Gasteiger charge is 2.30. The van der Waals surface area contributed by atoms with Crippen LogP contribution in [0.2, 0.25) is 0 Å². The van der Waals surface area contributed by atoms with Gasteiger partial charge in [0, 0.05) is 11.3 Å². The third-order valence-electron chi connectivity index (χ3n) is 3.99. The van der Waals surface area contributed by atoms with Gasteiger partial charge in [-0.3, -0.25) is 0 Å². The minimum absolute atomic E-state index is 0.0759. The molecule has 1 atom stereocenters. The number of benzene rings is 1. The largest absolute Gasteiger partial charge is 0.487 e. The molecule has 0 saturated heterocycles. The van der Waals surface area contributed by atoms with Crippen molar-refractivity contribution in [2.24, 2.45) is 0 Å². The molecule has 1 aromatic carbocycles. The molecule has 0 aliphatic carbocycles. The number of ether oxygens (including phenoxy) is 1. The van der Waals surface area contributed by atoms with E-state index >= 15 is 0 Å². The van der Waals surface area contributed by atoms with Crippen LogP contribution in [0.25, 0.3) is 0 Å². The lowest BCUT2D eigenvalue weighted by Gasteiger charge is -2.19. The maximum atomic E-state index is 5.99. The smallest absolute Gasteiger partial charge is 0.123 e. The Morgan fingerprint density at radius 3 is 2.81 bits per heavy atom. The third kappa shape index (κ3) is 2.85. The summed E-state index contributed by atoms with van der Waals surface area (Å²) in [6.45, 7) is 9.61. The first-order chi connectivity index (χ1) is 10.00. The summed E-state index contributed by atoms with van der Waals surface area (Å²) in [5.74, 6) is 1.04. The van der Waals surface area contributed by atoms with Crippen LogP contribution < -0.4 is 10.1 Å². The van der Waals surface area contributed by atoms with Gasteiger partial charge in [-0.25, -0.2) is 0 Å². The lowest BCUT2D eigenvalue weighted by molar-refractivity contribution is 0.138. The lowest BCUT2D eigenvalue weighted by Crippen LogP contribution is -2.24. The van der Waals surface area contributed by atoms with Crippen LogP contribution in [0, 0.1) is 6.92 Å². The average molecular weight is 301 g/mol. The zero-order valence-corrected chi connectivity index (χ0v) is 14.0. The fourth-order valence-electron chi connectivity index (χ4n) is 3.06. The summed E-state index contributed by atoms with van der Waals surface area (Å²) in [4.78, 5) is 1.41. The molecule has 3 rings (SSSR count). The van der Waals surface area contributed by atoms with E-state index < -0.39 is 0 Å². The van der Waals surface area contributed by atoms with Crippen molar-refractivity contribution in [2.45, 2.75) is 45.8 Å². The molecule has 1 unspecified atom stereocenters. The first-order valence-corrected chi connectivity index (χ1v) is 8.47. The summed E-state index contributed by atoms with van der Waals surface area (Å²) in [7, 11) is 0. The Kier molecular flexibility index (Phi) is 3.80. The summed E-state index contributed by atoms with van der Waals surface area (Å²) in [6.07, 6.45) is 0.985. The molecule has 112 valence electrons. The van der Waals surface area contributed by atoms with Gasteiger partial charge in [0.1, 0.15) is 11.4 Å². The quantitative estimate of drug-likeness (QED) is 0.899. The van der Waals surface area contributed by atoms with Crippen LogP contribution in [-0.2, 0) is 6.42 Å². The number of hydrogen-bond acceptors (Lipinski definition) is 3. The Hall–Kier alpha value is -1.32. The maximum Gasteiger partial charge on any atom is 0.123 e. The van der Waals surface area contributed by atoms with Gasteiger partial charge in [-0.2, -0.15) is 0 Å². The predicted octanol–water partition coefficient (Wildman–Crippen LogP) is 4.47. The van der Waals surface area contributed by atoms with Crippen molar-refractivity contribution in [3.05, 3.63) is 51.2 Å². The second-order valence-corrected chi connectivity index (χ2v) is 7.31. The van der Waals surface area contributed by atoms with Gasteiger partial charge in [0.25, 0.3) is 0 Å². The Morgan fingerprint density at radius 2 is 2.14 bits per heavy atom. The van der Waals surface area contributed by atoms with Crippen molar-refractivity contribution in [3.63, 3.8) is 0 Å². The molecule has 0 fully saturated rings. The molecular weight excluding hydrogens is 278 g/mol. The lowest BCUT2D eigenvalue weighted by atomic mass is 9.96. The van der Waals surface area contributed by atoms with Gasteiger partial charge >= 0.3 is 0 Å². The van der Waals surface area contributed by atoms with Gasteiger partial charge in [0.15, 0.2) is 0 Å². The Bertz CT molecular complexity index is 644. The van der Waals surface area contributed by atoms with Gasteiger partial charge in [0.05, 0.1) is 6.04 Å². The molecule has 21 heavy (non-hydrogen) atoms. The van der Waals surface area contributed by atoms with Crippen molar-refractivity contribution in [1.29, 1.82) is 0 Å². The molecule has 0 radical (unpaired) electrons. The molecule has 2 nitrogen and oxygen atoms in total. The Morgan fingerprint density at radius 1 is 1.33 bits per heavy atom. The standard InChI is InChI=1S/C18H23NOS/c1-5-19-16(17-12(2)8-9-21-17)13-6-7-15-14(10-13)11-18(3,4)20-15/h6-10,16,19H,5,11H2,1-4H3. The molecule has 3 heteroatoms. The number of rotatable bonds is 4. The Labute approximate surface area is 131 Å². The average Bonchev–Trinajstić information content (AvgIpc) is 2.96. The summed E-state index contributed by atoms with van der Waals surface area (Å²) in [6, 6.07) is 9.13. The first kappa shape index (κ1) is 14.6. The van der Waals surface area contributed by atoms with Crippen LogP contribution in [0.5, 0.6) is 5.75 Å². The molecule has 1 aliphatic rings. The molecule has 0 bridgehead atoms. The minimum atomic E-state index is -0.0759. The number of hydrogen-bond donors (Lipinski definition) is 1. The van der Waals surface area contributed by atoms with Crippen molar-refractivity contribution in [2.75, 3.05) is 6.54 Å². The van der Waals surface area contributed by atoms with Gasteiger partial charge in [-0.1, -0.05) is 19.1 Å². The summed E-state index contributed by atoms with van der Waals surface area (Å²) < 4.78 is 5.99. The third-order valence-corrected chi connectivity index (χ3v) is 5.08. The van der Waals surface area contributed by atoms with Gasteiger partial charge in [-0.15, -0.1) is 11.3 Å². The zero-order valence-electron chi connectivity index (χ0n) is 13.2. The van der Waals surface area contributed by atoms with Gasteiger partial charge in [-0.05, 0) is 61.5 Å². The van der Waals surface area contributed by atoms with Crippen molar-refractivity contribution in [1.82, 2.24) is 5.32 Å². The molecule has 1 aromatic heterocycles. The molecule has 1 aliphatic heterocycles. The second-order valence-electron chi connectivity index (χ2n) is 6.36. The van der Waals surface area contributed by atoms with Crippen molar-refractivity contribution >= 4 is 11.3 Å². The van der Waals surface area contributed by atoms with E-state index in [2.05, 4.69) is 62.7 Å². The second kappa shape index (κ2) is 5.47. The summed E-state index contributed by atoms with van der Waals surface area (Å²) >= 11 is 1.83. The van der Waals surface area contributed by atoms with Crippen LogP contribution in [0.15, 0.2) is 29.6 Å². The van der Waals surface area contributed by atoms with Crippen molar-refractivity contribution < 1.29 is 4.74 Å². The monoisotopic (exact) mass is 301 g/mol. The van der Waals surface area contributed by atoms with Crippen LogP contribution in [0.4, 0.5) is 0 Å².